The van der Waals surface area contributed by atoms with Gasteiger partial charge >= 0.3 is 0 Å². The summed E-state index contributed by atoms with van der Waals surface area (Å²) in [6.07, 6.45) is -0.0823. The summed E-state index contributed by atoms with van der Waals surface area (Å²) in [5.41, 5.74) is 8.05. The van der Waals surface area contributed by atoms with E-state index in [1.165, 1.54) is 5.56 Å². The van der Waals surface area contributed by atoms with Crippen LogP contribution in [0.4, 0.5) is 0 Å². The number of nitrogens with two attached hydrogens (primary N) is 1. The van der Waals surface area contributed by atoms with Crippen molar-refractivity contribution in [3.8, 4) is 5.75 Å². The molecule has 0 amide bonds. The quantitative estimate of drug-likeness (QED) is 0.826. The van der Waals surface area contributed by atoms with E-state index >= 15 is 0 Å². The largest absolute Gasteiger partial charge is 0.486 e. The zero-order valence-electron chi connectivity index (χ0n) is 11.2. The Hall–Kier alpha value is -1.06. The molecule has 1 aromatic rings. The highest BCUT2D eigenvalue weighted by Gasteiger charge is 2.11. The number of hydrogen-bond donors (Lipinski definition) is 1. The molecule has 0 saturated carbocycles. The van der Waals surface area contributed by atoms with Gasteiger partial charge in [0.05, 0.1) is 6.61 Å². The third kappa shape index (κ3) is 4.02. The minimum atomic E-state index is -0.0823. The fourth-order valence-corrected chi connectivity index (χ4v) is 1.62. The van der Waals surface area contributed by atoms with Gasteiger partial charge in [-0.25, -0.2) is 0 Å². The van der Waals surface area contributed by atoms with Crippen molar-refractivity contribution in [2.45, 2.75) is 32.8 Å². The van der Waals surface area contributed by atoms with Gasteiger partial charge in [-0.1, -0.05) is 26.0 Å². The van der Waals surface area contributed by atoms with Gasteiger partial charge in [0.25, 0.3) is 0 Å². The smallest absolute Gasteiger partial charge is 0.134 e. The van der Waals surface area contributed by atoms with Crippen molar-refractivity contribution in [3.05, 3.63) is 29.3 Å². The van der Waals surface area contributed by atoms with Crippen LogP contribution in [-0.4, -0.2) is 26.4 Å². The lowest BCUT2D eigenvalue weighted by molar-refractivity contribution is 0.0855. The van der Waals surface area contributed by atoms with E-state index in [1.54, 1.807) is 7.11 Å². The number of ether oxygens (including phenoxy) is 2. The van der Waals surface area contributed by atoms with Gasteiger partial charge in [-0.2, -0.15) is 0 Å². The first kappa shape index (κ1) is 14.0. The summed E-state index contributed by atoms with van der Waals surface area (Å²) >= 11 is 0. The van der Waals surface area contributed by atoms with Crippen molar-refractivity contribution in [3.63, 3.8) is 0 Å². The van der Waals surface area contributed by atoms with Crippen LogP contribution in [0, 0.1) is 6.92 Å². The van der Waals surface area contributed by atoms with Gasteiger partial charge in [-0.05, 0) is 30.0 Å². The Kier molecular flexibility index (Phi) is 5.45. The lowest BCUT2D eigenvalue weighted by Crippen LogP contribution is -2.31. The lowest BCUT2D eigenvalue weighted by atomic mass is 10.0. The van der Waals surface area contributed by atoms with E-state index in [0.717, 1.165) is 11.3 Å². The van der Waals surface area contributed by atoms with E-state index < -0.39 is 0 Å². The first-order valence-corrected chi connectivity index (χ1v) is 6.04. The van der Waals surface area contributed by atoms with Gasteiger partial charge in [-0.3, -0.25) is 0 Å². The van der Waals surface area contributed by atoms with Crippen LogP contribution in [0.1, 0.15) is 30.9 Å². The van der Waals surface area contributed by atoms with E-state index in [4.69, 9.17) is 15.2 Å². The molecule has 2 N–H and O–H groups in total. The minimum Gasteiger partial charge on any atom is -0.486 e. The molecule has 3 heteroatoms. The summed E-state index contributed by atoms with van der Waals surface area (Å²) in [4.78, 5) is 0. The van der Waals surface area contributed by atoms with Crippen LogP contribution in [0.15, 0.2) is 18.2 Å². The molecular weight excluding hydrogens is 214 g/mol. The Labute approximate surface area is 104 Å². The maximum Gasteiger partial charge on any atom is 0.134 e. The predicted octanol–water partition coefficient (Wildman–Crippen LogP) is 2.47. The Bertz CT molecular complexity index is 350. The third-order valence-corrected chi connectivity index (χ3v) is 2.79. The standard InChI is InChI=1S/C14H23NO2/c1-10(2)12-6-5-11(3)14(7-12)17-13(8-15)9-16-4/h5-7,10,13H,8-9,15H2,1-4H3. The maximum atomic E-state index is 5.88. The summed E-state index contributed by atoms with van der Waals surface area (Å²) in [6, 6.07) is 6.32. The second-order valence-electron chi connectivity index (χ2n) is 4.61. The zero-order valence-corrected chi connectivity index (χ0v) is 11.2. The molecule has 1 atom stereocenters. The second-order valence-corrected chi connectivity index (χ2v) is 4.61. The van der Waals surface area contributed by atoms with Crippen molar-refractivity contribution in [2.75, 3.05) is 20.3 Å². The first-order valence-electron chi connectivity index (χ1n) is 6.04. The molecule has 0 aliphatic heterocycles. The predicted molar refractivity (Wildman–Crippen MR) is 70.6 cm³/mol. The highest BCUT2D eigenvalue weighted by molar-refractivity contribution is 5.37. The molecule has 0 saturated heterocycles. The first-order chi connectivity index (χ1) is 8.08. The van der Waals surface area contributed by atoms with E-state index in [9.17, 15) is 0 Å². The minimum absolute atomic E-state index is 0.0823. The summed E-state index contributed by atoms with van der Waals surface area (Å²) in [7, 11) is 1.66. The fourth-order valence-electron chi connectivity index (χ4n) is 1.62. The van der Waals surface area contributed by atoms with Crippen molar-refractivity contribution >= 4 is 0 Å². The Balaban J connectivity index is 2.84. The summed E-state index contributed by atoms with van der Waals surface area (Å²) in [5.74, 6) is 1.40. The number of methoxy groups -OCH3 is 1. The van der Waals surface area contributed by atoms with Crippen LogP contribution in [0.25, 0.3) is 0 Å². The molecule has 1 aromatic carbocycles. The summed E-state index contributed by atoms with van der Waals surface area (Å²) < 4.78 is 11.0. The van der Waals surface area contributed by atoms with Crippen molar-refractivity contribution in [2.24, 2.45) is 5.73 Å². The number of benzene rings is 1. The van der Waals surface area contributed by atoms with E-state index in [-0.39, 0.29) is 6.10 Å². The van der Waals surface area contributed by atoms with Crippen LogP contribution in [0.3, 0.4) is 0 Å². The molecule has 0 spiro atoms. The molecule has 0 radical (unpaired) electrons. The van der Waals surface area contributed by atoms with Gasteiger partial charge in [0, 0.05) is 13.7 Å². The lowest BCUT2D eigenvalue weighted by Gasteiger charge is -2.19. The molecule has 0 aliphatic carbocycles. The van der Waals surface area contributed by atoms with Gasteiger partial charge in [-0.15, -0.1) is 0 Å². The van der Waals surface area contributed by atoms with Crippen LogP contribution >= 0.6 is 0 Å². The molecule has 3 nitrogen and oxygen atoms in total. The maximum absolute atomic E-state index is 5.88. The topological polar surface area (TPSA) is 44.5 Å². The number of aryl methyl sites for hydroxylation is 1. The third-order valence-electron chi connectivity index (χ3n) is 2.79. The van der Waals surface area contributed by atoms with Crippen molar-refractivity contribution in [1.29, 1.82) is 0 Å². The van der Waals surface area contributed by atoms with Gasteiger partial charge in [0.1, 0.15) is 11.9 Å². The Morgan fingerprint density at radius 3 is 2.53 bits per heavy atom. The van der Waals surface area contributed by atoms with E-state index in [0.29, 0.717) is 19.1 Å². The molecule has 0 aromatic heterocycles. The molecule has 17 heavy (non-hydrogen) atoms. The van der Waals surface area contributed by atoms with Gasteiger partial charge in [0.15, 0.2) is 0 Å². The van der Waals surface area contributed by atoms with Crippen LogP contribution in [0.2, 0.25) is 0 Å². The number of rotatable bonds is 6. The molecule has 96 valence electrons. The molecule has 0 aliphatic rings. The van der Waals surface area contributed by atoms with E-state index in [2.05, 4.69) is 32.0 Å². The molecule has 0 bridgehead atoms. The van der Waals surface area contributed by atoms with Crippen molar-refractivity contribution in [1.82, 2.24) is 0 Å². The van der Waals surface area contributed by atoms with Crippen LogP contribution in [-0.2, 0) is 4.74 Å². The molecular formula is C14H23NO2. The number of hydrogen-bond acceptors (Lipinski definition) is 3. The highest BCUT2D eigenvalue weighted by Crippen LogP contribution is 2.25. The Morgan fingerprint density at radius 1 is 1.29 bits per heavy atom. The molecule has 0 fully saturated rings. The monoisotopic (exact) mass is 237 g/mol. The summed E-state index contributed by atoms with van der Waals surface area (Å²) in [5, 5.41) is 0. The highest BCUT2D eigenvalue weighted by atomic mass is 16.5. The van der Waals surface area contributed by atoms with Crippen molar-refractivity contribution < 1.29 is 9.47 Å². The molecule has 0 heterocycles. The Morgan fingerprint density at radius 2 is 2.00 bits per heavy atom. The van der Waals surface area contributed by atoms with E-state index in [1.807, 2.05) is 6.92 Å². The van der Waals surface area contributed by atoms with Gasteiger partial charge in [0.2, 0.25) is 0 Å². The normalized spacial score (nSPS) is 12.8. The fraction of sp³-hybridized carbons (Fsp3) is 0.571. The van der Waals surface area contributed by atoms with Crippen LogP contribution in [0.5, 0.6) is 5.75 Å². The molecule has 1 unspecified atom stereocenters. The van der Waals surface area contributed by atoms with Crippen LogP contribution < -0.4 is 10.5 Å². The SMILES string of the molecule is COCC(CN)Oc1cc(C(C)C)ccc1C. The zero-order chi connectivity index (χ0) is 12.8. The average molecular weight is 237 g/mol. The average Bonchev–Trinajstić information content (AvgIpc) is 2.30. The molecule has 1 rings (SSSR count). The summed E-state index contributed by atoms with van der Waals surface area (Å²) in [6.45, 7) is 7.36. The van der Waals surface area contributed by atoms with Gasteiger partial charge < -0.3 is 15.2 Å². The second kappa shape index (κ2) is 6.62.